The fourth-order valence-electron chi connectivity index (χ4n) is 4.36. The third-order valence-electron chi connectivity index (χ3n) is 6.38. The summed E-state index contributed by atoms with van der Waals surface area (Å²) in [5, 5.41) is 20.8. The van der Waals surface area contributed by atoms with Crippen molar-refractivity contribution in [3.63, 3.8) is 0 Å². The lowest BCUT2D eigenvalue weighted by atomic mass is 9.95. The molecular weight excluding hydrogens is 444 g/mol. The zero-order valence-electron chi connectivity index (χ0n) is 20.4. The first-order valence-electron chi connectivity index (χ1n) is 12.3. The predicted molar refractivity (Wildman–Crippen MR) is 140 cm³/mol. The minimum atomic E-state index is -1.06. The normalized spacial score (nSPS) is 14.4. The van der Waals surface area contributed by atoms with Crippen molar-refractivity contribution in [3.05, 3.63) is 47.5 Å². The molecule has 7 heteroatoms. The van der Waals surface area contributed by atoms with Crippen LogP contribution in [-0.2, 0) is 4.79 Å². The largest absolute Gasteiger partial charge is 0.493 e. The zero-order valence-corrected chi connectivity index (χ0v) is 20.4. The van der Waals surface area contributed by atoms with Gasteiger partial charge in [-0.3, -0.25) is 4.79 Å². The van der Waals surface area contributed by atoms with Crippen LogP contribution in [0.4, 0.5) is 0 Å². The molecule has 1 aliphatic heterocycles. The van der Waals surface area contributed by atoms with E-state index in [-0.39, 0.29) is 7.43 Å². The molecule has 1 unspecified atom stereocenters. The quantitative estimate of drug-likeness (QED) is 0.343. The SMILES string of the molecule is C.Cc1c(OCCCNC(CO)C(=O)O)cccc1-c1cccc(OCCCN2CCCC2)c1C. The molecular formula is C28H42N2O5. The Morgan fingerprint density at radius 3 is 2.03 bits per heavy atom. The van der Waals surface area contributed by atoms with E-state index in [1.807, 2.05) is 24.3 Å². The summed E-state index contributed by atoms with van der Waals surface area (Å²) in [6.07, 6.45) is 4.30. The first-order chi connectivity index (χ1) is 16.5. The number of aliphatic hydroxyl groups is 1. The molecule has 0 spiro atoms. The third kappa shape index (κ3) is 8.23. The molecule has 0 bridgehead atoms. The molecule has 7 nitrogen and oxygen atoms in total. The van der Waals surface area contributed by atoms with E-state index in [1.165, 1.54) is 25.9 Å². The van der Waals surface area contributed by atoms with Gasteiger partial charge in [0.05, 0.1) is 19.8 Å². The second-order valence-electron chi connectivity index (χ2n) is 8.84. The number of hydrogen-bond acceptors (Lipinski definition) is 6. The molecule has 1 aliphatic rings. The van der Waals surface area contributed by atoms with Crippen LogP contribution in [0.3, 0.4) is 0 Å². The molecule has 2 aromatic carbocycles. The Morgan fingerprint density at radius 2 is 1.51 bits per heavy atom. The Hall–Kier alpha value is -2.61. The number of carboxylic acids is 1. The lowest BCUT2D eigenvalue weighted by Gasteiger charge is -2.18. The minimum Gasteiger partial charge on any atom is -0.493 e. The molecule has 0 aliphatic carbocycles. The monoisotopic (exact) mass is 486 g/mol. The number of carboxylic acid groups (broad SMARTS) is 1. The number of hydrogen-bond donors (Lipinski definition) is 3. The van der Waals surface area contributed by atoms with E-state index >= 15 is 0 Å². The van der Waals surface area contributed by atoms with Gasteiger partial charge in [0.15, 0.2) is 0 Å². The number of likely N-dealkylation sites (tertiary alicyclic amines) is 1. The molecule has 3 rings (SSSR count). The van der Waals surface area contributed by atoms with Gasteiger partial charge in [-0.1, -0.05) is 31.7 Å². The number of carbonyl (C=O) groups is 1. The number of ether oxygens (including phenoxy) is 2. The average Bonchev–Trinajstić information content (AvgIpc) is 3.34. The molecule has 0 amide bonds. The van der Waals surface area contributed by atoms with E-state index in [4.69, 9.17) is 19.7 Å². The molecule has 0 aromatic heterocycles. The van der Waals surface area contributed by atoms with Gasteiger partial charge in [0, 0.05) is 6.54 Å². The summed E-state index contributed by atoms with van der Waals surface area (Å²) in [7, 11) is 0. The molecule has 0 radical (unpaired) electrons. The van der Waals surface area contributed by atoms with Gasteiger partial charge < -0.3 is 29.9 Å². The number of nitrogens with zero attached hydrogens (tertiary/aromatic N) is 1. The average molecular weight is 487 g/mol. The van der Waals surface area contributed by atoms with Crippen molar-refractivity contribution in [3.8, 4) is 22.6 Å². The van der Waals surface area contributed by atoms with Gasteiger partial charge in [-0.15, -0.1) is 0 Å². The first-order valence-corrected chi connectivity index (χ1v) is 12.3. The Labute approximate surface area is 210 Å². The summed E-state index contributed by atoms with van der Waals surface area (Å²) < 4.78 is 12.1. The molecule has 35 heavy (non-hydrogen) atoms. The highest BCUT2D eigenvalue weighted by molar-refractivity contribution is 5.74. The van der Waals surface area contributed by atoms with Crippen LogP contribution in [0.15, 0.2) is 36.4 Å². The van der Waals surface area contributed by atoms with E-state index in [9.17, 15) is 4.79 Å². The summed E-state index contributed by atoms with van der Waals surface area (Å²) >= 11 is 0. The lowest BCUT2D eigenvalue weighted by Crippen LogP contribution is -2.40. The first kappa shape index (κ1) is 28.6. The fraction of sp³-hybridized carbons (Fsp3) is 0.536. The Balaban J connectivity index is 0.00000432. The summed E-state index contributed by atoms with van der Waals surface area (Å²) in [6, 6.07) is 11.3. The lowest BCUT2D eigenvalue weighted by molar-refractivity contribution is -0.140. The van der Waals surface area contributed by atoms with E-state index in [1.54, 1.807) is 0 Å². The molecule has 0 saturated carbocycles. The molecule has 1 heterocycles. The van der Waals surface area contributed by atoms with Crippen LogP contribution < -0.4 is 14.8 Å². The van der Waals surface area contributed by atoms with Crippen molar-refractivity contribution in [2.45, 2.75) is 53.0 Å². The highest BCUT2D eigenvalue weighted by atomic mass is 16.5. The van der Waals surface area contributed by atoms with Crippen LogP contribution in [0.5, 0.6) is 11.5 Å². The second-order valence-corrected chi connectivity index (χ2v) is 8.84. The van der Waals surface area contributed by atoms with Crippen molar-refractivity contribution < 1.29 is 24.5 Å². The van der Waals surface area contributed by atoms with Gasteiger partial charge in [-0.25, -0.2) is 0 Å². The summed E-state index contributed by atoms with van der Waals surface area (Å²) in [5.74, 6) is 0.679. The zero-order chi connectivity index (χ0) is 24.3. The van der Waals surface area contributed by atoms with Crippen LogP contribution in [0, 0.1) is 13.8 Å². The van der Waals surface area contributed by atoms with Crippen molar-refractivity contribution >= 4 is 5.97 Å². The molecule has 3 N–H and O–H groups in total. The standard InChI is InChI=1S/C27H38N2O5.CH4/c1-20-22(9-5-11-25(20)33-17-7-13-28-24(19-30)27(31)32)23-10-6-12-26(21(23)2)34-18-8-16-29-14-3-4-15-29;/h5-6,9-12,24,28,30H,3-4,7-8,13-19H2,1-2H3,(H,31,32);1H4. The summed E-state index contributed by atoms with van der Waals surface area (Å²) in [5.41, 5.74) is 4.43. The van der Waals surface area contributed by atoms with Crippen molar-refractivity contribution in [2.24, 2.45) is 0 Å². The maximum absolute atomic E-state index is 10.9. The van der Waals surface area contributed by atoms with E-state index < -0.39 is 18.6 Å². The van der Waals surface area contributed by atoms with Crippen molar-refractivity contribution in [2.75, 3.05) is 46.0 Å². The van der Waals surface area contributed by atoms with Crippen molar-refractivity contribution in [1.29, 1.82) is 0 Å². The number of nitrogens with one attached hydrogen (secondary N) is 1. The molecule has 1 saturated heterocycles. The topological polar surface area (TPSA) is 91.3 Å². The molecule has 1 atom stereocenters. The Kier molecular flexibility index (Phi) is 12.0. The highest BCUT2D eigenvalue weighted by Crippen LogP contribution is 2.35. The minimum absolute atomic E-state index is 0. The fourth-order valence-corrected chi connectivity index (χ4v) is 4.36. The smallest absolute Gasteiger partial charge is 0.323 e. The number of aliphatic hydroxyl groups excluding tert-OH is 1. The van der Waals surface area contributed by atoms with Gasteiger partial charge in [-0.2, -0.15) is 0 Å². The summed E-state index contributed by atoms with van der Waals surface area (Å²) in [4.78, 5) is 13.5. The summed E-state index contributed by atoms with van der Waals surface area (Å²) in [6.45, 7) is 8.88. The number of aliphatic carboxylic acids is 1. The third-order valence-corrected chi connectivity index (χ3v) is 6.38. The molecule has 194 valence electrons. The van der Waals surface area contributed by atoms with Gasteiger partial charge >= 0.3 is 5.97 Å². The van der Waals surface area contributed by atoms with E-state index in [0.29, 0.717) is 19.6 Å². The van der Waals surface area contributed by atoms with Crippen LogP contribution in [0.2, 0.25) is 0 Å². The van der Waals surface area contributed by atoms with Gasteiger partial charge in [0.1, 0.15) is 17.5 Å². The van der Waals surface area contributed by atoms with E-state index in [0.717, 1.165) is 53.3 Å². The van der Waals surface area contributed by atoms with Gasteiger partial charge in [-0.05, 0) is 93.6 Å². The maximum Gasteiger partial charge on any atom is 0.323 e. The van der Waals surface area contributed by atoms with Gasteiger partial charge in [0.25, 0.3) is 0 Å². The highest BCUT2D eigenvalue weighted by Gasteiger charge is 2.15. The van der Waals surface area contributed by atoms with Gasteiger partial charge in [0.2, 0.25) is 0 Å². The Bertz CT molecular complexity index is 928. The van der Waals surface area contributed by atoms with Crippen LogP contribution in [0.1, 0.15) is 44.2 Å². The van der Waals surface area contributed by atoms with E-state index in [2.05, 4.69) is 36.2 Å². The number of benzene rings is 2. The van der Waals surface area contributed by atoms with Crippen LogP contribution in [-0.4, -0.2) is 73.1 Å². The molecule has 1 fully saturated rings. The predicted octanol–water partition coefficient (Wildman–Crippen LogP) is 4.28. The maximum atomic E-state index is 10.9. The molecule has 2 aromatic rings. The number of rotatable bonds is 14. The van der Waals surface area contributed by atoms with Crippen LogP contribution in [0.25, 0.3) is 11.1 Å². The van der Waals surface area contributed by atoms with Crippen LogP contribution >= 0.6 is 0 Å². The Morgan fingerprint density at radius 1 is 0.971 bits per heavy atom. The second kappa shape index (κ2) is 14.7. The van der Waals surface area contributed by atoms with Crippen molar-refractivity contribution in [1.82, 2.24) is 10.2 Å².